The van der Waals surface area contributed by atoms with Gasteiger partial charge in [-0.15, -0.1) is 11.3 Å². The molecule has 0 bridgehead atoms. The van der Waals surface area contributed by atoms with Gasteiger partial charge in [-0.3, -0.25) is 0 Å². The van der Waals surface area contributed by atoms with E-state index in [0.717, 1.165) is 11.3 Å². The van der Waals surface area contributed by atoms with E-state index in [-0.39, 0.29) is 26.7 Å². The number of aliphatic carboxylic acids is 1. The Morgan fingerprint density at radius 3 is 2.71 bits per heavy atom. The van der Waals surface area contributed by atoms with Gasteiger partial charge in [-0.05, 0) is 22.0 Å². The SMILES string of the molecule is COC(=O)c1cc(S(=O)(=O)NCCOCC(=O)O)c(Br)s1. The lowest BCUT2D eigenvalue weighted by Gasteiger charge is -2.05. The Morgan fingerprint density at radius 2 is 2.14 bits per heavy atom. The second kappa shape index (κ2) is 7.84. The molecule has 0 saturated heterocycles. The van der Waals surface area contributed by atoms with Crippen LogP contribution in [0.4, 0.5) is 0 Å². The number of halogens is 1. The molecule has 21 heavy (non-hydrogen) atoms. The van der Waals surface area contributed by atoms with E-state index in [9.17, 15) is 18.0 Å². The summed E-state index contributed by atoms with van der Waals surface area (Å²) in [4.78, 5) is 21.6. The first-order chi connectivity index (χ1) is 9.77. The predicted octanol–water partition coefficient (Wildman–Crippen LogP) is 0.677. The Bertz CT molecular complexity index is 625. The van der Waals surface area contributed by atoms with Gasteiger partial charge >= 0.3 is 11.9 Å². The molecule has 0 aliphatic rings. The third-order valence-electron chi connectivity index (χ3n) is 2.10. The van der Waals surface area contributed by atoms with E-state index in [2.05, 4.69) is 25.4 Å². The fourth-order valence-electron chi connectivity index (χ4n) is 1.22. The fraction of sp³-hybridized carbons (Fsp3) is 0.400. The fourth-order valence-corrected chi connectivity index (χ4v) is 4.72. The molecule has 1 aromatic rings. The summed E-state index contributed by atoms with van der Waals surface area (Å²) < 4.78 is 35.8. The monoisotopic (exact) mass is 401 g/mol. The van der Waals surface area contributed by atoms with Crippen LogP contribution in [0.1, 0.15) is 9.67 Å². The van der Waals surface area contributed by atoms with E-state index in [4.69, 9.17) is 9.84 Å². The van der Waals surface area contributed by atoms with Crippen molar-refractivity contribution in [2.75, 3.05) is 26.9 Å². The summed E-state index contributed by atoms with van der Waals surface area (Å²) in [5.41, 5.74) is 0. The number of rotatable bonds is 8. The molecule has 0 unspecified atom stereocenters. The summed E-state index contributed by atoms with van der Waals surface area (Å²) in [6.07, 6.45) is 0. The Hall–Kier alpha value is -1.01. The molecule has 0 amide bonds. The van der Waals surface area contributed by atoms with Crippen molar-refractivity contribution < 1.29 is 32.6 Å². The molecule has 0 aliphatic carbocycles. The average molecular weight is 402 g/mol. The molecule has 0 aromatic carbocycles. The number of ether oxygens (including phenoxy) is 2. The summed E-state index contributed by atoms with van der Waals surface area (Å²) in [7, 11) is -2.64. The van der Waals surface area contributed by atoms with Gasteiger partial charge in [-0.1, -0.05) is 0 Å². The topological polar surface area (TPSA) is 119 Å². The first-order valence-corrected chi connectivity index (χ1v) is 8.54. The zero-order valence-corrected chi connectivity index (χ0v) is 14.0. The summed E-state index contributed by atoms with van der Waals surface area (Å²) in [5, 5.41) is 8.35. The number of nitrogens with one attached hydrogen (secondary N) is 1. The number of thiophene rings is 1. The third kappa shape index (κ3) is 5.36. The molecule has 0 fully saturated rings. The molecular formula is C10H12BrNO7S2. The highest BCUT2D eigenvalue weighted by molar-refractivity contribution is 9.11. The van der Waals surface area contributed by atoms with Crippen LogP contribution in [0.25, 0.3) is 0 Å². The van der Waals surface area contributed by atoms with E-state index in [1.54, 1.807) is 0 Å². The van der Waals surface area contributed by atoms with Crippen LogP contribution >= 0.6 is 27.3 Å². The third-order valence-corrected chi connectivity index (χ3v) is 5.79. The minimum atomic E-state index is -3.83. The maximum absolute atomic E-state index is 12.0. The second-order valence-corrected chi connectivity index (χ2v) is 7.69. The van der Waals surface area contributed by atoms with Gasteiger partial charge in [0.05, 0.1) is 17.5 Å². The Morgan fingerprint density at radius 1 is 1.48 bits per heavy atom. The van der Waals surface area contributed by atoms with Crippen molar-refractivity contribution in [1.82, 2.24) is 4.72 Å². The molecule has 2 N–H and O–H groups in total. The first-order valence-electron chi connectivity index (χ1n) is 5.44. The van der Waals surface area contributed by atoms with Gasteiger partial charge in [0.25, 0.3) is 0 Å². The molecule has 1 rings (SSSR count). The molecule has 0 saturated carbocycles. The number of esters is 1. The lowest BCUT2D eigenvalue weighted by Crippen LogP contribution is -2.28. The number of methoxy groups -OCH3 is 1. The average Bonchev–Trinajstić information content (AvgIpc) is 2.80. The molecule has 0 radical (unpaired) electrons. The van der Waals surface area contributed by atoms with Crippen LogP contribution in [-0.2, 0) is 24.3 Å². The number of carboxylic acid groups (broad SMARTS) is 1. The standard InChI is InChI=1S/C10H12BrNO7S2/c1-18-10(15)6-4-7(9(11)20-6)21(16,17)12-2-3-19-5-8(13)14/h4,12H,2-3,5H2,1H3,(H,13,14). The summed E-state index contributed by atoms with van der Waals surface area (Å²) in [6.45, 7) is -0.682. The summed E-state index contributed by atoms with van der Waals surface area (Å²) >= 11 is 4.01. The van der Waals surface area contributed by atoms with E-state index in [1.807, 2.05) is 0 Å². The number of hydrogen-bond donors (Lipinski definition) is 2. The molecule has 1 aromatic heterocycles. The molecule has 0 atom stereocenters. The van der Waals surface area contributed by atoms with Crippen LogP contribution in [0, 0.1) is 0 Å². The zero-order valence-electron chi connectivity index (χ0n) is 10.8. The molecular weight excluding hydrogens is 390 g/mol. The van der Waals surface area contributed by atoms with Crippen molar-refractivity contribution in [1.29, 1.82) is 0 Å². The molecule has 8 nitrogen and oxygen atoms in total. The maximum Gasteiger partial charge on any atom is 0.348 e. The van der Waals surface area contributed by atoms with Gasteiger partial charge in [0.15, 0.2) is 0 Å². The number of carbonyl (C=O) groups is 2. The highest BCUT2D eigenvalue weighted by Gasteiger charge is 2.23. The molecule has 11 heteroatoms. The predicted molar refractivity (Wildman–Crippen MR) is 77.0 cm³/mol. The minimum Gasteiger partial charge on any atom is -0.480 e. The quantitative estimate of drug-likeness (QED) is 0.485. The van der Waals surface area contributed by atoms with Crippen molar-refractivity contribution in [3.8, 4) is 0 Å². The molecule has 1 heterocycles. The van der Waals surface area contributed by atoms with Gasteiger partial charge in [-0.25, -0.2) is 22.7 Å². The van der Waals surface area contributed by atoms with Crippen LogP contribution in [0.3, 0.4) is 0 Å². The van der Waals surface area contributed by atoms with Gasteiger partial charge in [0.1, 0.15) is 16.4 Å². The van der Waals surface area contributed by atoms with Crippen LogP contribution in [0.15, 0.2) is 14.7 Å². The molecule has 0 spiro atoms. The largest absolute Gasteiger partial charge is 0.480 e. The second-order valence-electron chi connectivity index (χ2n) is 3.58. The summed E-state index contributed by atoms with van der Waals surface area (Å²) in [5.74, 6) is -1.77. The number of hydrogen-bond acceptors (Lipinski definition) is 7. The smallest absolute Gasteiger partial charge is 0.348 e. The van der Waals surface area contributed by atoms with Crippen molar-refractivity contribution in [3.05, 3.63) is 14.7 Å². The van der Waals surface area contributed by atoms with E-state index >= 15 is 0 Å². The van der Waals surface area contributed by atoms with Gasteiger partial charge in [-0.2, -0.15) is 0 Å². The van der Waals surface area contributed by atoms with E-state index in [0.29, 0.717) is 0 Å². The van der Waals surface area contributed by atoms with Crippen molar-refractivity contribution >= 4 is 49.2 Å². The lowest BCUT2D eigenvalue weighted by atomic mass is 10.5. The van der Waals surface area contributed by atoms with Crippen molar-refractivity contribution in [3.63, 3.8) is 0 Å². The highest BCUT2D eigenvalue weighted by Crippen LogP contribution is 2.31. The minimum absolute atomic E-state index is 0.0862. The van der Waals surface area contributed by atoms with E-state index < -0.39 is 28.6 Å². The van der Waals surface area contributed by atoms with Gasteiger partial charge in [0.2, 0.25) is 10.0 Å². The van der Waals surface area contributed by atoms with Gasteiger partial charge in [0, 0.05) is 6.54 Å². The lowest BCUT2D eigenvalue weighted by molar-refractivity contribution is -0.142. The van der Waals surface area contributed by atoms with Crippen LogP contribution in [0.2, 0.25) is 0 Å². The Balaban J connectivity index is 2.68. The van der Waals surface area contributed by atoms with Crippen molar-refractivity contribution in [2.45, 2.75) is 4.90 Å². The van der Waals surface area contributed by atoms with Crippen LogP contribution < -0.4 is 4.72 Å². The normalized spacial score (nSPS) is 11.3. The number of carboxylic acids is 1. The first kappa shape index (κ1) is 18.0. The Kier molecular flexibility index (Phi) is 6.74. The molecule has 118 valence electrons. The van der Waals surface area contributed by atoms with E-state index in [1.165, 1.54) is 13.2 Å². The molecule has 0 aliphatic heterocycles. The van der Waals surface area contributed by atoms with Crippen LogP contribution in [-0.4, -0.2) is 52.3 Å². The van der Waals surface area contributed by atoms with Crippen LogP contribution in [0.5, 0.6) is 0 Å². The maximum atomic E-state index is 12.0. The summed E-state index contributed by atoms with van der Waals surface area (Å²) in [6, 6.07) is 1.20. The number of sulfonamides is 1. The Labute approximate surface area is 133 Å². The zero-order chi connectivity index (χ0) is 16.0. The van der Waals surface area contributed by atoms with Gasteiger partial charge < -0.3 is 14.6 Å². The number of carbonyl (C=O) groups excluding carboxylic acids is 1. The highest BCUT2D eigenvalue weighted by atomic mass is 79.9. The van der Waals surface area contributed by atoms with Crippen molar-refractivity contribution in [2.24, 2.45) is 0 Å².